The minimum Gasteiger partial charge on any atom is -0.245 e. The number of hydrogen-bond acceptors (Lipinski definition) is 4. The molecule has 0 bridgehead atoms. The number of fused-ring (bicyclic) bond motifs is 5. The molecule has 4 heteroatoms. The Kier molecular flexibility index (Phi) is 6.10. The average molecular weight is 587 g/mol. The molecule has 0 N–H and O–H groups in total. The van der Waals surface area contributed by atoms with Gasteiger partial charge in [-0.05, 0) is 35.0 Å². The van der Waals surface area contributed by atoms with Gasteiger partial charge < -0.3 is 0 Å². The molecule has 0 radical (unpaired) electrons. The molecule has 214 valence electrons. The maximum atomic E-state index is 5.38. The van der Waals surface area contributed by atoms with Gasteiger partial charge in [0.15, 0.2) is 0 Å². The fourth-order valence-corrected chi connectivity index (χ4v) is 6.31. The van der Waals surface area contributed by atoms with Gasteiger partial charge >= 0.3 is 0 Å². The van der Waals surface area contributed by atoms with E-state index in [1.807, 2.05) is 48.5 Å². The van der Waals surface area contributed by atoms with Crippen molar-refractivity contribution in [1.82, 2.24) is 19.9 Å². The summed E-state index contributed by atoms with van der Waals surface area (Å²) in [4.78, 5) is 21.0. The van der Waals surface area contributed by atoms with Crippen LogP contribution in [0.1, 0.15) is 0 Å². The largest absolute Gasteiger partial charge is 0.245 e. The van der Waals surface area contributed by atoms with Crippen LogP contribution in [0.2, 0.25) is 0 Å². The SMILES string of the molecule is c1ccc(-c2ccc3ccc4ccc(-c5cccc6nc(-c7ccccc7)c(-c7ccc8ccccc8c7)nc56)nc4c3n2)cc1. The molecule has 46 heavy (non-hydrogen) atoms. The third-order valence-corrected chi connectivity index (χ3v) is 8.63. The molecule has 9 aromatic rings. The number of hydrogen-bond donors (Lipinski definition) is 0. The minimum absolute atomic E-state index is 0.815. The van der Waals surface area contributed by atoms with Gasteiger partial charge in [0, 0.05) is 33.0 Å². The predicted octanol–water partition coefficient (Wildman–Crippen LogP) is 10.5. The van der Waals surface area contributed by atoms with E-state index >= 15 is 0 Å². The lowest BCUT2D eigenvalue weighted by Gasteiger charge is -2.14. The molecule has 6 aromatic carbocycles. The first-order valence-corrected chi connectivity index (χ1v) is 15.4. The van der Waals surface area contributed by atoms with Gasteiger partial charge in [0.2, 0.25) is 0 Å². The van der Waals surface area contributed by atoms with Crippen LogP contribution >= 0.6 is 0 Å². The van der Waals surface area contributed by atoms with Gasteiger partial charge in [-0.1, -0.05) is 133 Å². The summed E-state index contributed by atoms with van der Waals surface area (Å²) in [6.45, 7) is 0. The first kappa shape index (κ1) is 26.2. The van der Waals surface area contributed by atoms with Gasteiger partial charge in [0.25, 0.3) is 0 Å². The lowest BCUT2D eigenvalue weighted by atomic mass is 9.99. The fraction of sp³-hybridized carbons (Fsp3) is 0. The van der Waals surface area contributed by atoms with Crippen LogP contribution in [-0.4, -0.2) is 19.9 Å². The smallest absolute Gasteiger partial charge is 0.0988 e. The number of rotatable bonds is 4. The quantitative estimate of drug-likeness (QED) is 0.193. The zero-order valence-corrected chi connectivity index (χ0v) is 24.8. The first-order valence-electron chi connectivity index (χ1n) is 15.4. The Hall–Kier alpha value is -6.26. The lowest BCUT2D eigenvalue weighted by Crippen LogP contribution is -1.98. The van der Waals surface area contributed by atoms with E-state index in [4.69, 9.17) is 19.9 Å². The van der Waals surface area contributed by atoms with E-state index in [1.54, 1.807) is 0 Å². The molecule has 0 amide bonds. The Balaban J connectivity index is 1.27. The number of aromatic nitrogens is 4. The number of pyridine rings is 2. The summed E-state index contributed by atoms with van der Waals surface area (Å²) in [5, 5.41) is 4.46. The van der Waals surface area contributed by atoms with Gasteiger partial charge in [0.05, 0.1) is 44.8 Å². The van der Waals surface area contributed by atoms with Crippen LogP contribution in [0.25, 0.3) is 88.6 Å². The normalized spacial score (nSPS) is 11.5. The zero-order valence-electron chi connectivity index (χ0n) is 24.8. The Bertz CT molecular complexity index is 2580. The highest BCUT2D eigenvalue weighted by molar-refractivity contribution is 6.05. The second kappa shape index (κ2) is 10.7. The molecule has 3 aromatic heterocycles. The van der Waals surface area contributed by atoms with Crippen molar-refractivity contribution in [3.63, 3.8) is 0 Å². The molecule has 0 aliphatic carbocycles. The summed E-state index contributed by atoms with van der Waals surface area (Å²) >= 11 is 0. The molecular weight excluding hydrogens is 560 g/mol. The molecule has 4 nitrogen and oxygen atoms in total. The van der Waals surface area contributed by atoms with E-state index < -0.39 is 0 Å². The second-order valence-corrected chi connectivity index (χ2v) is 11.5. The Morgan fingerprint density at radius 3 is 1.65 bits per heavy atom. The maximum absolute atomic E-state index is 5.38. The third-order valence-electron chi connectivity index (χ3n) is 8.63. The Morgan fingerprint density at radius 2 is 0.891 bits per heavy atom. The molecule has 0 atom stereocenters. The van der Waals surface area contributed by atoms with E-state index in [-0.39, 0.29) is 0 Å². The van der Waals surface area contributed by atoms with Crippen LogP contribution in [0.5, 0.6) is 0 Å². The zero-order chi connectivity index (χ0) is 30.5. The van der Waals surface area contributed by atoms with Crippen LogP contribution in [0.15, 0.2) is 158 Å². The van der Waals surface area contributed by atoms with Gasteiger partial charge in [0.1, 0.15) is 0 Å². The van der Waals surface area contributed by atoms with Gasteiger partial charge in [-0.15, -0.1) is 0 Å². The average Bonchev–Trinajstić information content (AvgIpc) is 3.14. The number of benzene rings is 6. The van der Waals surface area contributed by atoms with Crippen molar-refractivity contribution in [2.24, 2.45) is 0 Å². The molecule has 9 rings (SSSR count). The number of nitrogens with zero attached hydrogens (tertiary/aromatic N) is 4. The van der Waals surface area contributed by atoms with Crippen molar-refractivity contribution in [2.75, 3.05) is 0 Å². The third kappa shape index (κ3) is 4.47. The van der Waals surface area contributed by atoms with E-state index in [1.165, 1.54) is 10.8 Å². The Morgan fingerprint density at radius 1 is 0.304 bits per heavy atom. The van der Waals surface area contributed by atoms with Crippen LogP contribution in [0, 0.1) is 0 Å². The van der Waals surface area contributed by atoms with Crippen LogP contribution in [0.4, 0.5) is 0 Å². The highest BCUT2D eigenvalue weighted by Gasteiger charge is 2.17. The predicted molar refractivity (Wildman–Crippen MR) is 189 cm³/mol. The van der Waals surface area contributed by atoms with Gasteiger partial charge in [-0.3, -0.25) is 0 Å². The summed E-state index contributed by atoms with van der Waals surface area (Å²) in [5.74, 6) is 0. The standard InChI is InChI=1S/C42H26N4/c1-3-11-28(12-4-1)35-24-22-30-19-20-31-23-25-36(44-40(31)39(30)43-35)34-16-9-17-37-42(34)46-41(38(45-37)29-13-5-2-6-14-29)33-21-18-27-10-7-8-15-32(27)26-33/h1-26H. The highest BCUT2D eigenvalue weighted by atomic mass is 14.8. The van der Waals surface area contributed by atoms with Crippen molar-refractivity contribution in [1.29, 1.82) is 0 Å². The van der Waals surface area contributed by atoms with Crippen LogP contribution in [0.3, 0.4) is 0 Å². The molecule has 0 aliphatic rings. The van der Waals surface area contributed by atoms with Crippen LogP contribution in [-0.2, 0) is 0 Å². The van der Waals surface area contributed by atoms with Gasteiger partial charge in [-0.25, -0.2) is 19.9 Å². The molecule has 3 heterocycles. The molecule has 0 saturated carbocycles. The summed E-state index contributed by atoms with van der Waals surface area (Å²) in [7, 11) is 0. The van der Waals surface area contributed by atoms with E-state index in [2.05, 4.69) is 109 Å². The summed E-state index contributed by atoms with van der Waals surface area (Å²) in [6.07, 6.45) is 0. The van der Waals surface area contributed by atoms with E-state index in [0.717, 1.165) is 77.9 Å². The molecular formula is C42H26N4. The van der Waals surface area contributed by atoms with Crippen LogP contribution < -0.4 is 0 Å². The maximum Gasteiger partial charge on any atom is 0.0988 e. The first-order chi connectivity index (χ1) is 22.8. The molecule has 0 saturated heterocycles. The molecule has 0 fully saturated rings. The lowest BCUT2D eigenvalue weighted by molar-refractivity contribution is 1.29. The Labute approximate surface area is 265 Å². The van der Waals surface area contributed by atoms with E-state index in [0.29, 0.717) is 0 Å². The topological polar surface area (TPSA) is 51.6 Å². The molecule has 0 unspecified atom stereocenters. The summed E-state index contributed by atoms with van der Waals surface area (Å²) < 4.78 is 0. The minimum atomic E-state index is 0.815. The van der Waals surface area contributed by atoms with Crippen molar-refractivity contribution in [3.8, 4) is 45.0 Å². The molecule has 0 spiro atoms. The van der Waals surface area contributed by atoms with Crippen molar-refractivity contribution in [3.05, 3.63) is 158 Å². The second-order valence-electron chi connectivity index (χ2n) is 11.5. The highest BCUT2D eigenvalue weighted by Crippen LogP contribution is 2.36. The fourth-order valence-electron chi connectivity index (χ4n) is 6.31. The summed E-state index contributed by atoms with van der Waals surface area (Å²) in [6, 6.07) is 54.3. The summed E-state index contributed by atoms with van der Waals surface area (Å²) in [5.41, 5.74) is 10.9. The monoisotopic (exact) mass is 586 g/mol. The van der Waals surface area contributed by atoms with E-state index in [9.17, 15) is 0 Å². The molecule has 0 aliphatic heterocycles. The van der Waals surface area contributed by atoms with Crippen molar-refractivity contribution in [2.45, 2.75) is 0 Å². The van der Waals surface area contributed by atoms with Crippen molar-refractivity contribution >= 4 is 43.6 Å². The van der Waals surface area contributed by atoms with Crippen molar-refractivity contribution < 1.29 is 0 Å². The number of para-hydroxylation sites is 1. The van der Waals surface area contributed by atoms with Gasteiger partial charge in [-0.2, -0.15) is 0 Å².